The smallest absolute Gasteiger partial charge is 0.162 e. The van der Waals surface area contributed by atoms with Crippen molar-refractivity contribution in [3.05, 3.63) is 29.8 Å². The van der Waals surface area contributed by atoms with E-state index in [0.29, 0.717) is 22.5 Å². The third-order valence-electron chi connectivity index (χ3n) is 3.68. The van der Waals surface area contributed by atoms with Gasteiger partial charge >= 0.3 is 0 Å². The lowest BCUT2D eigenvalue weighted by Gasteiger charge is -2.14. The highest BCUT2D eigenvalue weighted by molar-refractivity contribution is 5.92. The molecule has 0 fully saturated rings. The fourth-order valence-electron chi connectivity index (χ4n) is 2.42. The number of aromatic nitrogens is 3. The summed E-state index contributed by atoms with van der Waals surface area (Å²) in [6, 6.07) is 9.96. The van der Waals surface area contributed by atoms with Crippen LogP contribution in [0, 0.1) is 11.3 Å². The first-order valence-corrected chi connectivity index (χ1v) is 6.63. The summed E-state index contributed by atoms with van der Waals surface area (Å²) in [5.74, 6) is 0.451. The van der Waals surface area contributed by atoms with Gasteiger partial charge in [-0.1, -0.05) is 19.1 Å². The molecule has 0 unspecified atom stereocenters. The van der Waals surface area contributed by atoms with Gasteiger partial charge in [0.15, 0.2) is 5.65 Å². The lowest BCUT2D eigenvalue weighted by Crippen LogP contribution is -2.08. The van der Waals surface area contributed by atoms with Crippen molar-refractivity contribution < 1.29 is 0 Å². The third-order valence-corrected chi connectivity index (χ3v) is 3.68. The van der Waals surface area contributed by atoms with Crippen LogP contribution in [0.5, 0.6) is 0 Å². The molecule has 2 aromatic heterocycles. The van der Waals surface area contributed by atoms with E-state index in [1.807, 2.05) is 28.8 Å². The van der Waals surface area contributed by atoms with Gasteiger partial charge in [0.2, 0.25) is 0 Å². The number of benzene rings is 1. The van der Waals surface area contributed by atoms with Gasteiger partial charge in [0.05, 0.1) is 11.0 Å². The molecule has 1 atom stereocenters. The van der Waals surface area contributed by atoms with Crippen LogP contribution >= 0.6 is 0 Å². The van der Waals surface area contributed by atoms with E-state index in [-0.39, 0.29) is 6.04 Å². The van der Waals surface area contributed by atoms with Crippen molar-refractivity contribution in [2.45, 2.75) is 26.3 Å². The van der Waals surface area contributed by atoms with Crippen LogP contribution in [0.2, 0.25) is 0 Å². The van der Waals surface area contributed by atoms with Gasteiger partial charge in [-0.2, -0.15) is 5.26 Å². The zero-order chi connectivity index (χ0) is 14.3. The number of hydrogen-bond acceptors (Lipinski definition) is 4. The van der Waals surface area contributed by atoms with Crippen molar-refractivity contribution >= 4 is 28.0 Å². The van der Waals surface area contributed by atoms with Gasteiger partial charge in [-0.3, -0.25) is 0 Å². The quantitative estimate of drug-likeness (QED) is 0.772. The van der Waals surface area contributed by atoms with Gasteiger partial charge in [0.1, 0.15) is 23.0 Å². The van der Waals surface area contributed by atoms with E-state index in [1.165, 1.54) is 0 Å². The number of nitrogen functional groups attached to an aromatic ring is 1. The molecule has 0 amide bonds. The van der Waals surface area contributed by atoms with E-state index in [9.17, 15) is 5.26 Å². The van der Waals surface area contributed by atoms with Crippen molar-refractivity contribution in [1.82, 2.24) is 14.5 Å². The van der Waals surface area contributed by atoms with E-state index in [0.717, 1.165) is 17.5 Å². The fraction of sp³-hybridized carbons (Fsp3) is 0.267. The largest absolute Gasteiger partial charge is 0.384 e. The van der Waals surface area contributed by atoms with E-state index in [4.69, 9.17) is 5.73 Å². The molecule has 0 bridgehead atoms. The predicted octanol–water partition coefficient (Wildman–Crippen LogP) is 3.01. The number of nitrogens with zero attached hydrogens (tertiary/aromatic N) is 4. The van der Waals surface area contributed by atoms with Crippen molar-refractivity contribution in [1.29, 1.82) is 5.26 Å². The van der Waals surface area contributed by atoms with Crippen LogP contribution in [0.3, 0.4) is 0 Å². The number of hydrogen-bond donors (Lipinski definition) is 1. The summed E-state index contributed by atoms with van der Waals surface area (Å²) in [6.45, 7) is 4.14. The second-order valence-corrected chi connectivity index (χ2v) is 4.88. The van der Waals surface area contributed by atoms with Crippen LogP contribution in [0.4, 0.5) is 5.82 Å². The maximum absolute atomic E-state index is 9.35. The molecule has 5 nitrogen and oxygen atoms in total. The van der Waals surface area contributed by atoms with E-state index in [1.54, 1.807) is 0 Å². The molecule has 3 rings (SSSR count). The standard InChI is InChI=1S/C15H15N5/c1-3-9(2)20-14(17)10(8-16)13-15(20)19-12-7-5-4-6-11(12)18-13/h4-7,9H,3,17H2,1-2H3/t9-/m0/s1. The molecule has 0 spiro atoms. The molecule has 0 aliphatic rings. The van der Waals surface area contributed by atoms with E-state index >= 15 is 0 Å². The Morgan fingerprint density at radius 1 is 1.30 bits per heavy atom. The van der Waals surface area contributed by atoms with Gasteiger partial charge in [-0.05, 0) is 25.5 Å². The minimum Gasteiger partial charge on any atom is -0.384 e. The monoisotopic (exact) mass is 265 g/mol. The van der Waals surface area contributed by atoms with Gasteiger partial charge < -0.3 is 10.3 Å². The minimum atomic E-state index is 0.176. The maximum Gasteiger partial charge on any atom is 0.162 e. The number of para-hydroxylation sites is 2. The third kappa shape index (κ3) is 1.62. The summed E-state index contributed by atoms with van der Waals surface area (Å²) < 4.78 is 1.91. The predicted molar refractivity (Wildman–Crippen MR) is 79.2 cm³/mol. The summed E-state index contributed by atoms with van der Waals surface area (Å²) in [6.07, 6.45) is 0.910. The van der Waals surface area contributed by atoms with Crippen molar-refractivity contribution in [2.75, 3.05) is 5.73 Å². The zero-order valence-electron chi connectivity index (χ0n) is 11.5. The van der Waals surface area contributed by atoms with Crippen LogP contribution in [0.1, 0.15) is 31.9 Å². The zero-order valence-corrected chi connectivity index (χ0v) is 11.5. The summed E-state index contributed by atoms with van der Waals surface area (Å²) in [5, 5.41) is 9.35. The molecule has 1 aromatic carbocycles. The Hall–Kier alpha value is -2.61. The van der Waals surface area contributed by atoms with E-state index in [2.05, 4.69) is 29.9 Å². The number of fused-ring (bicyclic) bond motifs is 2. The lowest BCUT2D eigenvalue weighted by atomic mass is 10.2. The molecule has 3 aromatic rings. The highest BCUT2D eigenvalue weighted by Crippen LogP contribution is 2.30. The van der Waals surface area contributed by atoms with Gasteiger partial charge in [0.25, 0.3) is 0 Å². The van der Waals surface area contributed by atoms with Gasteiger partial charge in [-0.25, -0.2) is 9.97 Å². The highest BCUT2D eigenvalue weighted by Gasteiger charge is 2.20. The summed E-state index contributed by atoms with van der Waals surface area (Å²) in [4.78, 5) is 9.21. The first kappa shape index (κ1) is 12.4. The lowest BCUT2D eigenvalue weighted by molar-refractivity contribution is 0.551. The molecule has 2 heterocycles. The Balaban J connectivity index is 2.48. The topological polar surface area (TPSA) is 80.5 Å². The highest BCUT2D eigenvalue weighted by atomic mass is 15.1. The molecule has 0 aliphatic carbocycles. The molecule has 0 saturated carbocycles. The summed E-state index contributed by atoms with van der Waals surface area (Å²) >= 11 is 0. The van der Waals surface area contributed by atoms with Crippen LogP contribution < -0.4 is 5.73 Å². The van der Waals surface area contributed by atoms with Gasteiger partial charge in [0, 0.05) is 6.04 Å². The number of nitrogens with two attached hydrogens (primary N) is 1. The van der Waals surface area contributed by atoms with E-state index < -0.39 is 0 Å². The molecule has 5 heteroatoms. The number of anilines is 1. The Labute approximate surface area is 116 Å². The molecule has 20 heavy (non-hydrogen) atoms. The average molecular weight is 265 g/mol. The van der Waals surface area contributed by atoms with Gasteiger partial charge in [-0.15, -0.1) is 0 Å². The molecular weight excluding hydrogens is 250 g/mol. The number of rotatable bonds is 2. The first-order valence-electron chi connectivity index (χ1n) is 6.63. The van der Waals surface area contributed by atoms with Crippen LogP contribution in [0.25, 0.3) is 22.2 Å². The minimum absolute atomic E-state index is 0.176. The van der Waals surface area contributed by atoms with Crippen molar-refractivity contribution in [2.24, 2.45) is 0 Å². The molecule has 0 aliphatic heterocycles. The Morgan fingerprint density at radius 2 is 1.95 bits per heavy atom. The second kappa shape index (κ2) is 4.49. The summed E-state index contributed by atoms with van der Waals surface area (Å²) in [5.41, 5.74) is 9.40. The molecule has 0 radical (unpaired) electrons. The van der Waals surface area contributed by atoms with Crippen molar-refractivity contribution in [3.8, 4) is 6.07 Å². The van der Waals surface area contributed by atoms with Crippen LogP contribution in [-0.2, 0) is 0 Å². The van der Waals surface area contributed by atoms with Crippen molar-refractivity contribution in [3.63, 3.8) is 0 Å². The molecular formula is C15H15N5. The maximum atomic E-state index is 9.35. The molecule has 2 N–H and O–H groups in total. The average Bonchev–Trinajstić information content (AvgIpc) is 2.74. The van der Waals surface area contributed by atoms with Crippen LogP contribution in [-0.4, -0.2) is 14.5 Å². The Morgan fingerprint density at radius 3 is 2.55 bits per heavy atom. The first-order chi connectivity index (χ1) is 9.67. The Kier molecular flexibility index (Phi) is 2.79. The molecule has 0 saturated heterocycles. The normalized spacial score (nSPS) is 12.7. The second-order valence-electron chi connectivity index (χ2n) is 4.88. The Bertz CT molecular complexity index is 841. The molecule has 100 valence electrons. The van der Waals surface area contributed by atoms with Crippen LogP contribution in [0.15, 0.2) is 24.3 Å². The fourth-order valence-corrected chi connectivity index (χ4v) is 2.42. The number of nitriles is 1. The summed E-state index contributed by atoms with van der Waals surface area (Å²) in [7, 11) is 0. The SMILES string of the molecule is CC[C@H](C)n1c(N)c(C#N)c2nc3ccccc3nc21.